The third-order valence-electron chi connectivity index (χ3n) is 4.00. The summed E-state index contributed by atoms with van der Waals surface area (Å²) < 4.78 is 0. The van der Waals surface area contributed by atoms with Gasteiger partial charge in [0.25, 0.3) is 0 Å². The number of anilines is 1. The third kappa shape index (κ3) is 5.13. The summed E-state index contributed by atoms with van der Waals surface area (Å²) >= 11 is 0. The minimum atomic E-state index is 0.189. The number of nitrogens with zero attached hydrogens (tertiary/aromatic N) is 1. The van der Waals surface area contributed by atoms with Gasteiger partial charge < -0.3 is 10.2 Å². The van der Waals surface area contributed by atoms with E-state index in [1.807, 2.05) is 30.0 Å². The molecule has 0 saturated carbocycles. The van der Waals surface area contributed by atoms with Gasteiger partial charge in [0, 0.05) is 31.7 Å². The van der Waals surface area contributed by atoms with Gasteiger partial charge in [0.15, 0.2) is 0 Å². The van der Waals surface area contributed by atoms with Gasteiger partial charge in [-0.3, -0.25) is 4.79 Å². The number of nitrogens with one attached hydrogen (secondary N) is 1. The van der Waals surface area contributed by atoms with Gasteiger partial charge in [0.2, 0.25) is 5.91 Å². The number of hydrogen-bond donors (Lipinski definition) is 1. The van der Waals surface area contributed by atoms with Crippen LogP contribution >= 0.6 is 0 Å². The van der Waals surface area contributed by atoms with E-state index in [2.05, 4.69) is 49.5 Å². The zero-order chi connectivity index (χ0) is 16.7. The quantitative estimate of drug-likeness (QED) is 0.833. The van der Waals surface area contributed by atoms with Crippen molar-refractivity contribution in [1.82, 2.24) is 4.90 Å². The molecule has 0 aliphatic heterocycles. The van der Waals surface area contributed by atoms with Crippen LogP contribution in [-0.2, 0) is 11.3 Å². The van der Waals surface area contributed by atoms with E-state index in [0.717, 1.165) is 12.2 Å². The zero-order valence-electron chi connectivity index (χ0n) is 14.3. The number of aryl methyl sites for hydroxylation is 2. The highest BCUT2D eigenvalue weighted by molar-refractivity contribution is 5.76. The first-order valence-electron chi connectivity index (χ1n) is 8.23. The maximum atomic E-state index is 12.4. The van der Waals surface area contributed by atoms with E-state index in [1.54, 1.807) is 0 Å². The van der Waals surface area contributed by atoms with Gasteiger partial charge in [0.05, 0.1) is 0 Å². The smallest absolute Gasteiger partial charge is 0.224 e. The highest BCUT2D eigenvalue weighted by atomic mass is 16.2. The van der Waals surface area contributed by atoms with Gasteiger partial charge in [-0.25, -0.2) is 0 Å². The molecule has 122 valence electrons. The number of hydrogen-bond acceptors (Lipinski definition) is 2. The molecule has 2 aromatic rings. The van der Waals surface area contributed by atoms with Gasteiger partial charge in [-0.05, 0) is 43.5 Å². The maximum Gasteiger partial charge on any atom is 0.224 e. The summed E-state index contributed by atoms with van der Waals surface area (Å²) in [5, 5.41) is 3.38. The van der Waals surface area contributed by atoms with Gasteiger partial charge >= 0.3 is 0 Å². The lowest BCUT2D eigenvalue weighted by Gasteiger charge is -2.21. The monoisotopic (exact) mass is 310 g/mol. The van der Waals surface area contributed by atoms with E-state index in [9.17, 15) is 4.79 Å². The summed E-state index contributed by atoms with van der Waals surface area (Å²) in [6.45, 7) is 8.26. The van der Waals surface area contributed by atoms with Crippen LogP contribution in [0.3, 0.4) is 0 Å². The molecule has 1 N–H and O–H groups in total. The molecule has 0 heterocycles. The maximum absolute atomic E-state index is 12.4. The molecule has 1 amide bonds. The molecule has 2 rings (SSSR count). The first-order chi connectivity index (χ1) is 11.1. The molecular formula is C20H26N2O. The highest BCUT2D eigenvalue weighted by Crippen LogP contribution is 2.16. The fourth-order valence-electron chi connectivity index (χ4n) is 2.57. The van der Waals surface area contributed by atoms with Gasteiger partial charge in [-0.1, -0.05) is 42.5 Å². The van der Waals surface area contributed by atoms with E-state index in [4.69, 9.17) is 0 Å². The van der Waals surface area contributed by atoms with Crippen molar-refractivity contribution in [3.05, 3.63) is 65.2 Å². The van der Waals surface area contributed by atoms with Crippen LogP contribution in [0.2, 0.25) is 0 Å². The van der Waals surface area contributed by atoms with E-state index >= 15 is 0 Å². The second-order valence-corrected chi connectivity index (χ2v) is 5.89. The average molecular weight is 310 g/mol. The fraction of sp³-hybridized carbons (Fsp3) is 0.350. The molecule has 0 aliphatic carbocycles. The fourth-order valence-corrected chi connectivity index (χ4v) is 2.57. The first-order valence-corrected chi connectivity index (χ1v) is 8.23. The average Bonchev–Trinajstić information content (AvgIpc) is 2.56. The van der Waals surface area contributed by atoms with Crippen molar-refractivity contribution in [3.63, 3.8) is 0 Å². The number of carbonyl (C=O) groups excluding carboxylic acids is 1. The Labute approximate surface area is 139 Å². The van der Waals surface area contributed by atoms with Crippen LogP contribution in [0.4, 0.5) is 5.69 Å². The molecule has 23 heavy (non-hydrogen) atoms. The standard InChI is InChI=1S/C20H26N2O/c1-4-22(15-18-8-6-5-7-9-18)20(23)12-13-21-19-14-16(2)10-11-17(19)3/h5-11,14,21H,4,12-13,15H2,1-3H3. The molecule has 0 fully saturated rings. The van der Waals surface area contributed by atoms with Crippen LogP contribution < -0.4 is 5.32 Å². The number of rotatable bonds is 7. The van der Waals surface area contributed by atoms with Crippen LogP contribution in [-0.4, -0.2) is 23.9 Å². The highest BCUT2D eigenvalue weighted by Gasteiger charge is 2.11. The topological polar surface area (TPSA) is 32.3 Å². The SMILES string of the molecule is CCN(Cc1ccccc1)C(=O)CCNc1cc(C)ccc1C. The largest absolute Gasteiger partial charge is 0.384 e. The molecule has 0 aromatic heterocycles. The summed E-state index contributed by atoms with van der Waals surface area (Å²) in [5.41, 5.74) is 4.72. The normalized spacial score (nSPS) is 10.4. The van der Waals surface area contributed by atoms with E-state index in [-0.39, 0.29) is 5.91 Å². The van der Waals surface area contributed by atoms with E-state index in [0.29, 0.717) is 19.5 Å². The second-order valence-electron chi connectivity index (χ2n) is 5.89. The van der Waals surface area contributed by atoms with Gasteiger partial charge in [-0.15, -0.1) is 0 Å². The molecule has 0 spiro atoms. The Hall–Kier alpha value is -2.29. The third-order valence-corrected chi connectivity index (χ3v) is 4.00. The van der Waals surface area contributed by atoms with Crippen molar-refractivity contribution >= 4 is 11.6 Å². The predicted molar refractivity (Wildman–Crippen MR) is 96.6 cm³/mol. The molecule has 2 aromatic carbocycles. The molecule has 3 nitrogen and oxygen atoms in total. The molecular weight excluding hydrogens is 284 g/mol. The van der Waals surface area contributed by atoms with Crippen molar-refractivity contribution < 1.29 is 4.79 Å². The minimum absolute atomic E-state index is 0.189. The van der Waals surface area contributed by atoms with Crippen LogP contribution in [0.15, 0.2) is 48.5 Å². The van der Waals surface area contributed by atoms with Crippen molar-refractivity contribution in [2.45, 2.75) is 33.7 Å². The Morgan fingerprint density at radius 1 is 1.09 bits per heavy atom. The van der Waals surface area contributed by atoms with E-state index in [1.165, 1.54) is 16.7 Å². The Bertz CT molecular complexity index is 637. The Morgan fingerprint density at radius 3 is 2.52 bits per heavy atom. The zero-order valence-corrected chi connectivity index (χ0v) is 14.3. The lowest BCUT2D eigenvalue weighted by Crippen LogP contribution is -2.31. The first kappa shape index (κ1) is 17.1. The number of amides is 1. The minimum Gasteiger partial charge on any atom is -0.384 e. The van der Waals surface area contributed by atoms with Gasteiger partial charge in [-0.2, -0.15) is 0 Å². The molecule has 0 bridgehead atoms. The lowest BCUT2D eigenvalue weighted by atomic mass is 10.1. The Kier molecular flexibility index (Phi) is 6.21. The van der Waals surface area contributed by atoms with Crippen LogP contribution in [0.25, 0.3) is 0 Å². The van der Waals surface area contributed by atoms with Crippen molar-refractivity contribution in [3.8, 4) is 0 Å². The second kappa shape index (κ2) is 8.37. The summed E-state index contributed by atoms with van der Waals surface area (Å²) in [4.78, 5) is 14.3. The molecule has 0 unspecified atom stereocenters. The molecule has 0 saturated heterocycles. The summed E-state index contributed by atoms with van der Waals surface area (Å²) in [6, 6.07) is 16.5. The Balaban J connectivity index is 1.86. The van der Waals surface area contributed by atoms with Crippen molar-refractivity contribution in [2.75, 3.05) is 18.4 Å². The van der Waals surface area contributed by atoms with E-state index < -0.39 is 0 Å². The van der Waals surface area contributed by atoms with Crippen molar-refractivity contribution in [2.24, 2.45) is 0 Å². The summed E-state index contributed by atoms with van der Waals surface area (Å²) in [6.07, 6.45) is 0.508. The molecule has 0 radical (unpaired) electrons. The molecule has 3 heteroatoms. The lowest BCUT2D eigenvalue weighted by molar-refractivity contribution is -0.131. The number of benzene rings is 2. The Morgan fingerprint density at radius 2 is 1.83 bits per heavy atom. The van der Waals surface area contributed by atoms with Crippen molar-refractivity contribution in [1.29, 1.82) is 0 Å². The molecule has 0 atom stereocenters. The summed E-state index contributed by atoms with van der Waals surface area (Å²) in [5.74, 6) is 0.189. The predicted octanol–water partition coefficient (Wildman–Crippen LogP) is 4.15. The van der Waals surface area contributed by atoms with Crippen LogP contribution in [0.5, 0.6) is 0 Å². The van der Waals surface area contributed by atoms with Crippen LogP contribution in [0, 0.1) is 13.8 Å². The van der Waals surface area contributed by atoms with Gasteiger partial charge in [0.1, 0.15) is 0 Å². The summed E-state index contributed by atoms with van der Waals surface area (Å²) in [7, 11) is 0. The van der Waals surface area contributed by atoms with Crippen LogP contribution in [0.1, 0.15) is 30.0 Å². The molecule has 0 aliphatic rings. The number of carbonyl (C=O) groups is 1.